The smallest absolute Gasteiger partial charge is 0.146 e. The largest absolute Gasteiger partial charge is 0.374 e. The summed E-state index contributed by atoms with van der Waals surface area (Å²) >= 11 is 6.50. The van der Waals surface area contributed by atoms with E-state index in [4.69, 9.17) is 25.8 Å². The summed E-state index contributed by atoms with van der Waals surface area (Å²) in [5.41, 5.74) is 2.00. The van der Waals surface area contributed by atoms with Crippen molar-refractivity contribution >= 4 is 11.6 Å². The molecule has 2 saturated carbocycles. The van der Waals surface area contributed by atoms with Gasteiger partial charge in [0.2, 0.25) is 0 Å². The molecule has 5 atom stereocenters. The Balaban J connectivity index is 1.22. The van der Waals surface area contributed by atoms with Crippen LogP contribution in [0.2, 0.25) is 0 Å². The zero-order valence-electron chi connectivity index (χ0n) is 13.9. The van der Waals surface area contributed by atoms with Crippen molar-refractivity contribution in [2.45, 2.75) is 36.4 Å². The first-order valence-corrected chi connectivity index (χ1v) is 9.25. The van der Waals surface area contributed by atoms with Crippen LogP contribution in [0.4, 0.5) is 0 Å². The number of alkyl halides is 1. The van der Waals surface area contributed by atoms with E-state index in [1.165, 1.54) is 11.1 Å². The molecule has 25 heavy (non-hydrogen) atoms. The van der Waals surface area contributed by atoms with Crippen LogP contribution in [-0.4, -0.2) is 23.4 Å². The highest BCUT2D eigenvalue weighted by Crippen LogP contribution is 2.76. The van der Waals surface area contributed by atoms with Crippen LogP contribution in [0.25, 0.3) is 0 Å². The van der Waals surface area contributed by atoms with Crippen LogP contribution < -0.4 is 0 Å². The van der Waals surface area contributed by atoms with Gasteiger partial charge in [0.1, 0.15) is 10.7 Å². The second kappa shape index (κ2) is 5.82. The number of rotatable bonds is 7. The van der Waals surface area contributed by atoms with E-state index in [9.17, 15) is 0 Å². The molecule has 0 amide bonds. The molecular formula is C21H21ClO3. The topological polar surface area (TPSA) is 27.7 Å². The molecule has 1 saturated heterocycles. The van der Waals surface area contributed by atoms with Crippen molar-refractivity contribution < 1.29 is 14.2 Å². The monoisotopic (exact) mass is 356 g/mol. The van der Waals surface area contributed by atoms with Gasteiger partial charge in [-0.1, -0.05) is 72.3 Å². The Hall–Kier alpha value is -1.39. The summed E-state index contributed by atoms with van der Waals surface area (Å²) in [4.78, 5) is 0. The van der Waals surface area contributed by atoms with Crippen molar-refractivity contribution in [1.82, 2.24) is 0 Å². The summed E-state index contributed by atoms with van der Waals surface area (Å²) < 4.78 is 18.4. The average Bonchev–Trinajstić information content (AvgIpc) is 3.46. The molecule has 0 aromatic heterocycles. The number of halogens is 1. The molecule has 130 valence electrons. The van der Waals surface area contributed by atoms with E-state index in [-0.39, 0.29) is 11.7 Å². The minimum Gasteiger partial charge on any atom is -0.374 e. The van der Waals surface area contributed by atoms with Crippen LogP contribution in [0, 0.1) is 11.8 Å². The molecule has 4 heteroatoms. The normalized spacial score (nSPS) is 37.4. The van der Waals surface area contributed by atoms with Crippen molar-refractivity contribution in [3.63, 3.8) is 0 Å². The Labute approximate surface area is 152 Å². The van der Waals surface area contributed by atoms with Crippen molar-refractivity contribution in [2.75, 3.05) is 6.61 Å². The molecule has 3 fully saturated rings. The summed E-state index contributed by atoms with van der Waals surface area (Å²) in [6, 6.07) is 20.5. The zero-order chi connectivity index (χ0) is 16.9. The molecule has 2 aliphatic carbocycles. The molecule has 2 aromatic carbocycles. The zero-order valence-corrected chi connectivity index (χ0v) is 14.7. The SMILES string of the molecule is ClC12CC1C1C(OCc3ccccc3)C1(COCc1ccccc1)O2. The third-order valence-corrected chi connectivity index (χ3v) is 6.17. The van der Waals surface area contributed by atoms with Crippen molar-refractivity contribution in [3.8, 4) is 0 Å². The Morgan fingerprint density at radius 3 is 2.28 bits per heavy atom. The lowest BCUT2D eigenvalue weighted by Gasteiger charge is -2.20. The third kappa shape index (κ3) is 2.70. The Bertz CT molecular complexity index is 752. The lowest BCUT2D eigenvalue weighted by Crippen LogP contribution is -2.30. The van der Waals surface area contributed by atoms with Gasteiger partial charge < -0.3 is 14.2 Å². The summed E-state index contributed by atoms with van der Waals surface area (Å²) in [5.74, 6) is 0.778. The standard InChI is InChI=1S/C21H21ClO3/c22-21-11-17(21)18-19(24-13-16-9-5-2-6-10-16)20(18,25-21)14-23-12-15-7-3-1-4-8-15/h1-10,17-19H,11-14H2. The van der Waals surface area contributed by atoms with E-state index in [1.54, 1.807) is 0 Å². The van der Waals surface area contributed by atoms with Gasteiger partial charge in [-0.15, -0.1) is 0 Å². The van der Waals surface area contributed by atoms with E-state index in [0.29, 0.717) is 31.7 Å². The van der Waals surface area contributed by atoms with Crippen molar-refractivity contribution in [2.24, 2.45) is 11.8 Å². The van der Waals surface area contributed by atoms with E-state index in [2.05, 4.69) is 24.3 Å². The molecular weight excluding hydrogens is 336 g/mol. The lowest BCUT2D eigenvalue weighted by atomic mass is 10.2. The predicted octanol–water partition coefficient (Wildman–Crippen LogP) is 4.14. The van der Waals surface area contributed by atoms with Gasteiger partial charge in [0.05, 0.1) is 25.9 Å². The molecule has 0 spiro atoms. The molecule has 0 N–H and O–H groups in total. The quantitative estimate of drug-likeness (QED) is 0.698. The minimum absolute atomic E-state index is 0.0860. The first kappa shape index (κ1) is 15.8. The fourth-order valence-corrected chi connectivity index (χ4v) is 4.72. The minimum atomic E-state index is -0.451. The molecule has 0 bridgehead atoms. The average molecular weight is 357 g/mol. The predicted molar refractivity (Wildman–Crippen MR) is 95.1 cm³/mol. The number of benzene rings is 2. The van der Waals surface area contributed by atoms with Crippen LogP contribution >= 0.6 is 11.6 Å². The number of ether oxygens (including phenoxy) is 3. The van der Waals surface area contributed by atoms with Crippen molar-refractivity contribution in [3.05, 3.63) is 71.8 Å². The van der Waals surface area contributed by atoms with E-state index in [0.717, 1.165) is 6.42 Å². The first-order chi connectivity index (χ1) is 12.2. The summed E-state index contributed by atoms with van der Waals surface area (Å²) in [7, 11) is 0. The Morgan fingerprint density at radius 1 is 0.960 bits per heavy atom. The second-order valence-corrected chi connectivity index (χ2v) is 8.02. The Morgan fingerprint density at radius 2 is 1.60 bits per heavy atom. The van der Waals surface area contributed by atoms with Gasteiger partial charge in [-0.05, 0) is 17.5 Å². The van der Waals surface area contributed by atoms with Gasteiger partial charge in [0.25, 0.3) is 0 Å². The molecule has 1 heterocycles. The van der Waals surface area contributed by atoms with Gasteiger partial charge in [0.15, 0.2) is 0 Å². The van der Waals surface area contributed by atoms with E-state index < -0.39 is 5.06 Å². The van der Waals surface area contributed by atoms with E-state index in [1.807, 2.05) is 36.4 Å². The van der Waals surface area contributed by atoms with Gasteiger partial charge in [-0.25, -0.2) is 0 Å². The highest BCUT2D eigenvalue weighted by atomic mass is 35.5. The van der Waals surface area contributed by atoms with E-state index >= 15 is 0 Å². The van der Waals surface area contributed by atoms with Gasteiger partial charge in [-0.3, -0.25) is 0 Å². The molecule has 0 radical (unpaired) electrons. The Kier molecular flexibility index (Phi) is 3.68. The van der Waals surface area contributed by atoms with Gasteiger partial charge in [0, 0.05) is 11.8 Å². The van der Waals surface area contributed by atoms with Crippen LogP contribution in [-0.2, 0) is 27.4 Å². The van der Waals surface area contributed by atoms with Crippen LogP contribution in [0.15, 0.2) is 60.7 Å². The van der Waals surface area contributed by atoms with Crippen LogP contribution in [0.5, 0.6) is 0 Å². The summed E-state index contributed by atoms with van der Waals surface area (Å²) in [6.45, 7) is 1.73. The lowest BCUT2D eigenvalue weighted by molar-refractivity contribution is -0.0870. The summed E-state index contributed by atoms with van der Waals surface area (Å²) in [5, 5.41) is -0.451. The van der Waals surface area contributed by atoms with Gasteiger partial charge >= 0.3 is 0 Å². The highest BCUT2D eigenvalue weighted by Gasteiger charge is 2.86. The van der Waals surface area contributed by atoms with Gasteiger partial charge in [-0.2, -0.15) is 0 Å². The van der Waals surface area contributed by atoms with Crippen LogP contribution in [0.1, 0.15) is 17.5 Å². The molecule has 5 rings (SSSR count). The third-order valence-electron chi connectivity index (χ3n) is 5.66. The van der Waals surface area contributed by atoms with Crippen LogP contribution in [0.3, 0.4) is 0 Å². The number of hydrogen-bond acceptors (Lipinski definition) is 3. The van der Waals surface area contributed by atoms with Crippen molar-refractivity contribution in [1.29, 1.82) is 0 Å². The fraction of sp³-hybridized carbons (Fsp3) is 0.429. The molecule has 1 aliphatic heterocycles. The number of hydrogen-bond donors (Lipinski definition) is 0. The first-order valence-electron chi connectivity index (χ1n) is 8.88. The maximum absolute atomic E-state index is 6.50. The summed E-state index contributed by atoms with van der Waals surface area (Å²) in [6.07, 6.45) is 1.02. The molecule has 5 unspecified atom stereocenters. The fourth-order valence-electron chi connectivity index (χ4n) is 4.27. The second-order valence-electron chi connectivity index (χ2n) is 7.38. The number of fused-ring (bicyclic) bond motifs is 3. The molecule has 2 aromatic rings. The maximum atomic E-state index is 6.50. The molecule has 3 nitrogen and oxygen atoms in total. The molecule has 3 aliphatic rings. The maximum Gasteiger partial charge on any atom is 0.146 e. The highest BCUT2D eigenvalue weighted by molar-refractivity contribution is 6.25.